The van der Waals surface area contributed by atoms with Gasteiger partial charge in [0.15, 0.2) is 0 Å². The maximum Gasteiger partial charge on any atom is 0.109 e. The highest BCUT2D eigenvalue weighted by molar-refractivity contribution is 5.18. The first kappa shape index (κ1) is 13.2. The Morgan fingerprint density at radius 1 is 1.18 bits per heavy atom. The largest absolute Gasteiger partial charge is 0.335 e. The molecule has 0 aliphatic heterocycles. The topological polar surface area (TPSA) is 35.6 Å². The molecule has 0 aliphatic rings. The van der Waals surface area contributed by atoms with Crippen LogP contribution in [0.15, 0.2) is 31.4 Å². The Labute approximate surface area is 103 Å². The standard InChI is InChI=1S/C7H12N2.C6H8N2/c1-3-5-9-6-4-8-7(9)2;1-3-8-5-4-7-6(8)2/h4,6H,3,5H2,1-2H3;3-5H,1H2,2H3. The van der Waals surface area contributed by atoms with E-state index in [4.69, 9.17) is 0 Å². The Hall–Kier alpha value is -1.84. The van der Waals surface area contributed by atoms with Crippen LogP contribution in [0.3, 0.4) is 0 Å². The van der Waals surface area contributed by atoms with Crippen molar-refractivity contribution in [1.82, 2.24) is 19.1 Å². The first-order valence-corrected chi connectivity index (χ1v) is 5.78. The van der Waals surface area contributed by atoms with E-state index < -0.39 is 0 Å². The highest BCUT2D eigenvalue weighted by Crippen LogP contribution is 1.95. The van der Waals surface area contributed by atoms with E-state index in [1.54, 1.807) is 12.4 Å². The van der Waals surface area contributed by atoms with Gasteiger partial charge in [-0.1, -0.05) is 13.5 Å². The van der Waals surface area contributed by atoms with E-state index in [1.165, 1.54) is 6.42 Å². The summed E-state index contributed by atoms with van der Waals surface area (Å²) in [5, 5.41) is 0. The zero-order valence-corrected chi connectivity index (χ0v) is 10.8. The molecule has 0 aliphatic carbocycles. The lowest BCUT2D eigenvalue weighted by molar-refractivity contribution is 0.658. The van der Waals surface area contributed by atoms with Crippen LogP contribution in [-0.2, 0) is 6.54 Å². The van der Waals surface area contributed by atoms with Gasteiger partial charge in [0.2, 0.25) is 0 Å². The van der Waals surface area contributed by atoms with Gasteiger partial charge >= 0.3 is 0 Å². The van der Waals surface area contributed by atoms with E-state index in [-0.39, 0.29) is 0 Å². The number of rotatable bonds is 3. The van der Waals surface area contributed by atoms with Crippen LogP contribution < -0.4 is 0 Å². The lowest BCUT2D eigenvalue weighted by atomic mass is 10.5. The van der Waals surface area contributed by atoms with E-state index in [0.717, 1.165) is 18.2 Å². The van der Waals surface area contributed by atoms with E-state index in [0.29, 0.717) is 0 Å². The van der Waals surface area contributed by atoms with Crippen LogP contribution in [-0.4, -0.2) is 19.1 Å². The highest BCUT2D eigenvalue weighted by Gasteiger charge is 1.91. The van der Waals surface area contributed by atoms with Crippen molar-refractivity contribution in [2.75, 3.05) is 0 Å². The molecule has 0 atom stereocenters. The van der Waals surface area contributed by atoms with E-state index in [9.17, 15) is 0 Å². The molecule has 0 bridgehead atoms. The average Bonchev–Trinajstić information content (AvgIpc) is 2.90. The number of aromatic nitrogens is 4. The lowest BCUT2D eigenvalue weighted by Crippen LogP contribution is -1.96. The van der Waals surface area contributed by atoms with Crippen LogP contribution in [0.5, 0.6) is 0 Å². The Bertz CT molecular complexity index is 453. The molecule has 92 valence electrons. The fraction of sp³-hybridized carbons (Fsp3) is 0.385. The highest BCUT2D eigenvalue weighted by atomic mass is 15.0. The maximum atomic E-state index is 4.10. The third kappa shape index (κ3) is 3.90. The minimum atomic E-state index is 0.972. The van der Waals surface area contributed by atoms with Crippen LogP contribution in [0.1, 0.15) is 25.0 Å². The van der Waals surface area contributed by atoms with Gasteiger partial charge in [-0.2, -0.15) is 0 Å². The molecule has 0 spiro atoms. The van der Waals surface area contributed by atoms with Crippen molar-refractivity contribution in [3.05, 3.63) is 43.0 Å². The molecule has 4 nitrogen and oxygen atoms in total. The third-order valence-electron chi connectivity index (χ3n) is 2.45. The summed E-state index contributed by atoms with van der Waals surface area (Å²) >= 11 is 0. The normalized spacial score (nSPS) is 9.59. The predicted molar refractivity (Wildman–Crippen MR) is 70.6 cm³/mol. The van der Waals surface area contributed by atoms with Gasteiger partial charge in [-0.25, -0.2) is 9.97 Å². The number of hydrogen-bond donors (Lipinski definition) is 0. The molecule has 2 aromatic rings. The lowest BCUT2D eigenvalue weighted by Gasteiger charge is -1.99. The van der Waals surface area contributed by atoms with Gasteiger partial charge in [0.1, 0.15) is 11.6 Å². The summed E-state index contributed by atoms with van der Waals surface area (Å²) in [5.41, 5.74) is 0. The summed E-state index contributed by atoms with van der Waals surface area (Å²) in [6.45, 7) is 10.8. The number of aryl methyl sites for hydroxylation is 3. The van der Waals surface area contributed by atoms with Gasteiger partial charge in [-0.05, 0) is 20.3 Å². The molecule has 0 saturated heterocycles. The fourth-order valence-electron chi connectivity index (χ4n) is 1.46. The van der Waals surface area contributed by atoms with Crippen molar-refractivity contribution < 1.29 is 0 Å². The van der Waals surface area contributed by atoms with Crippen molar-refractivity contribution in [2.24, 2.45) is 0 Å². The zero-order chi connectivity index (χ0) is 12.7. The molecular formula is C13H20N4. The molecule has 0 aromatic carbocycles. The third-order valence-corrected chi connectivity index (χ3v) is 2.45. The van der Waals surface area contributed by atoms with Crippen molar-refractivity contribution in [3.63, 3.8) is 0 Å². The molecule has 17 heavy (non-hydrogen) atoms. The summed E-state index contributed by atoms with van der Waals surface area (Å²) in [5.74, 6) is 2.08. The van der Waals surface area contributed by atoms with E-state index in [2.05, 4.69) is 28.0 Å². The molecule has 0 amide bonds. The first-order chi connectivity index (χ1) is 8.19. The van der Waals surface area contributed by atoms with Crippen LogP contribution in [0, 0.1) is 13.8 Å². The number of nitrogens with zero attached hydrogens (tertiary/aromatic N) is 4. The molecule has 4 heteroatoms. The Morgan fingerprint density at radius 2 is 1.82 bits per heavy atom. The van der Waals surface area contributed by atoms with Crippen molar-refractivity contribution >= 4 is 6.20 Å². The van der Waals surface area contributed by atoms with Gasteiger partial charge < -0.3 is 9.13 Å². The minimum Gasteiger partial charge on any atom is -0.335 e. The molecule has 2 rings (SSSR count). The minimum absolute atomic E-state index is 0.972. The molecule has 2 heterocycles. The first-order valence-electron chi connectivity index (χ1n) is 5.78. The Morgan fingerprint density at radius 3 is 2.18 bits per heavy atom. The smallest absolute Gasteiger partial charge is 0.109 e. The van der Waals surface area contributed by atoms with Crippen LogP contribution >= 0.6 is 0 Å². The maximum absolute atomic E-state index is 4.10. The SMILES string of the molecule is C=Cn1ccnc1C.CCCn1ccnc1C. The summed E-state index contributed by atoms with van der Waals surface area (Å²) in [7, 11) is 0. The van der Waals surface area contributed by atoms with Crippen molar-refractivity contribution in [2.45, 2.75) is 33.7 Å². The summed E-state index contributed by atoms with van der Waals surface area (Å²) in [6.07, 6.45) is 10.4. The average molecular weight is 232 g/mol. The summed E-state index contributed by atoms with van der Waals surface area (Å²) in [4.78, 5) is 8.08. The van der Waals surface area contributed by atoms with Gasteiger partial charge in [0, 0.05) is 37.5 Å². The van der Waals surface area contributed by atoms with Crippen LogP contribution in [0.25, 0.3) is 6.20 Å². The second-order valence-corrected chi connectivity index (χ2v) is 3.73. The van der Waals surface area contributed by atoms with Crippen molar-refractivity contribution in [1.29, 1.82) is 0 Å². The predicted octanol–water partition coefficient (Wildman–Crippen LogP) is 2.89. The second kappa shape index (κ2) is 6.68. The Kier molecular flexibility index (Phi) is 5.20. The van der Waals surface area contributed by atoms with Gasteiger partial charge in [0.05, 0.1) is 0 Å². The summed E-state index contributed by atoms with van der Waals surface area (Å²) in [6, 6.07) is 0. The second-order valence-electron chi connectivity index (χ2n) is 3.73. The van der Waals surface area contributed by atoms with Crippen LogP contribution in [0.4, 0.5) is 0 Å². The van der Waals surface area contributed by atoms with Gasteiger partial charge in [0.25, 0.3) is 0 Å². The van der Waals surface area contributed by atoms with Crippen LogP contribution in [0.2, 0.25) is 0 Å². The molecule has 0 unspecified atom stereocenters. The number of hydrogen-bond acceptors (Lipinski definition) is 2. The van der Waals surface area contributed by atoms with E-state index in [1.807, 2.05) is 37.0 Å². The molecule has 0 saturated carbocycles. The fourth-order valence-corrected chi connectivity index (χ4v) is 1.46. The van der Waals surface area contributed by atoms with Gasteiger partial charge in [-0.15, -0.1) is 0 Å². The molecule has 2 aromatic heterocycles. The quantitative estimate of drug-likeness (QED) is 0.815. The van der Waals surface area contributed by atoms with Gasteiger partial charge in [-0.3, -0.25) is 0 Å². The van der Waals surface area contributed by atoms with E-state index >= 15 is 0 Å². The monoisotopic (exact) mass is 232 g/mol. The Balaban J connectivity index is 0.000000171. The van der Waals surface area contributed by atoms with Crippen molar-refractivity contribution in [3.8, 4) is 0 Å². The molecule has 0 fully saturated rings. The molecule has 0 N–H and O–H groups in total. The summed E-state index contributed by atoms with van der Waals surface area (Å²) < 4.78 is 4.01. The molecular weight excluding hydrogens is 212 g/mol. The molecule has 0 radical (unpaired) electrons. The number of imidazole rings is 2. The zero-order valence-electron chi connectivity index (χ0n) is 10.8.